The van der Waals surface area contributed by atoms with Crippen molar-refractivity contribution in [3.8, 4) is 0 Å². The van der Waals surface area contributed by atoms with Crippen LogP contribution >= 0.6 is 0 Å². The third-order valence-electron chi connectivity index (χ3n) is 4.72. The Bertz CT molecular complexity index is 538. The van der Waals surface area contributed by atoms with Crippen molar-refractivity contribution in [3.63, 3.8) is 0 Å². The van der Waals surface area contributed by atoms with Gasteiger partial charge in [0.2, 0.25) is 11.8 Å². The summed E-state index contributed by atoms with van der Waals surface area (Å²) < 4.78 is 0. The van der Waals surface area contributed by atoms with Crippen molar-refractivity contribution < 1.29 is 9.59 Å². The summed E-state index contributed by atoms with van der Waals surface area (Å²) in [4.78, 5) is 31.0. The van der Waals surface area contributed by atoms with E-state index in [4.69, 9.17) is 0 Å². The molecule has 1 spiro atoms. The zero-order valence-corrected chi connectivity index (χ0v) is 12.3. The molecule has 5 nitrogen and oxygen atoms in total. The van der Waals surface area contributed by atoms with Crippen LogP contribution in [0.1, 0.15) is 50.6 Å². The van der Waals surface area contributed by atoms with Crippen LogP contribution < -0.4 is 5.32 Å². The summed E-state index contributed by atoms with van der Waals surface area (Å²) in [6.07, 6.45) is 7.41. The van der Waals surface area contributed by atoms with E-state index in [1.807, 2.05) is 24.0 Å². The maximum Gasteiger partial charge on any atom is 0.248 e. The molecule has 0 radical (unpaired) electrons. The SMILES string of the molecule is CC(c1cccnc1)N1CCC(=O)NC2(CCCC2)C1=O. The third kappa shape index (κ3) is 2.52. The first kappa shape index (κ1) is 14.0. The normalized spacial score (nSPS) is 23.0. The molecule has 2 fully saturated rings. The largest absolute Gasteiger partial charge is 0.342 e. The van der Waals surface area contributed by atoms with Crippen LogP contribution in [0.2, 0.25) is 0 Å². The van der Waals surface area contributed by atoms with Crippen LogP contribution in [0, 0.1) is 0 Å². The van der Waals surface area contributed by atoms with Crippen molar-refractivity contribution in [2.24, 2.45) is 0 Å². The molecule has 2 heterocycles. The van der Waals surface area contributed by atoms with E-state index in [2.05, 4.69) is 10.3 Å². The fourth-order valence-electron chi connectivity index (χ4n) is 3.47. The van der Waals surface area contributed by atoms with Gasteiger partial charge >= 0.3 is 0 Å². The highest BCUT2D eigenvalue weighted by Crippen LogP contribution is 2.35. The zero-order valence-electron chi connectivity index (χ0n) is 12.3. The summed E-state index contributed by atoms with van der Waals surface area (Å²) in [6, 6.07) is 3.80. The van der Waals surface area contributed by atoms with Gasteiger partial charge in [0.05, 0.1) is 6.04 Å². The number of pyridine rings is 1. The Morgan fingerprint density at radius 2 is 2.10 bits per heavy atom. The van der Waals surface area contributed by atoms with Crippen LogP contribution in [0.4, 0.5) is 0 Å². The molecule has 1 saturated heterocycles. The standard InChI is InChI=1S/C16H21N3O2/c1-12(13-5-4-9-17-11-13)19-10-6-14(20)18-16(15(19)21)7-2-3-8-16/h4-5,9,11-12H,2-3,6-8,10H2,1H3,(H,18,20). The monoisotopic (exact) mass is 287 g/mol. The van der Waals surface area contributed by atoms with E-state index in [0.29, 0.717) is 13.0 Å². The second kappa shape index (κ2) is 5.47. The van der Waals surface area contributed by atoms with Crippen molar-refractivity contribution in [2.75, 3.05) is 6.54 Å². The highest BCUT2D eigenvalue weighted by Gasteiger charge is 2.47. The van der Waals surface area contributed by atoms with Gasteiger partial charge in [-0.15, -0.1) is 0 Å². The Balaban J connectivity index is 1.90. The predicted octanol–water partition coefficient (Wildman–Crippen LogP) is 1.80. The average molecular weight is 287 g/mol. The molecule has 1 N–H and O–H groups in total. The Morgan fingerprint density at radius 1 is 1.33 bits per heavy atom. The molecule has 1 unspecified atom stereocenters. The molecule has 1 saturated carbocycles. The maximum absolute atomic E-state index is 13.0. The number of aromatic nitrogens is 1. The minimum Gasteiger partial charge on any atom is -0.342 e. The first-order valence-electron chi connectivity index (χ1n) is 7.64. The molecule has 112 valence electrons. The van der Waals surface area contributed by atoms with Gasteiger partial charge in [-0.05, 0) is 31.4 Å². The highest BCUT2D eigenvalue weighted by molar-refractivity contribution is 5.94. The Kier molecular flexibility index (Phi) is 3.66. The summed E-state index contributed by atoms with van der Waals surface area (Å²) in [5.41, 5.74) is 0.345. The number of nitrogens with zero attached hydrogens (tertiary/aromatic N) is 2. The number of nitrogens with one attached hydrogen (secondary N) is 1. The van der Waals surface area contributed by atoms with E-state index in [9.17, 15) is 9.59 Å². The van der Waals surface area contributed by atoms with Crippen LogP contribution in [0.15, 0.2) is 24.5 Å². The fourth-order valence-corrected chi connectivity index (χ4v) is 3.47. The number of hydrogen-bond acceptors (Lipinski definition) is 3. The van der Waals surface area contributed by atoms with Crippen LogP contribution in [0.3, 0.4) is 0 Å². The first-order valence-corrected chi connectivity index (χ1v) is 7.64. The molecule has 2 amide bonds. The summed E-state index contributed by atoms with van der Waals surface area (Å²) in [6.45, 7) is 2.48. The van der Waals surface area contributed by atoms with Gasteiger partial charge in [-0.2, -0.15) is 0 Å². The zero-order chi connectivity index (χ0) is 14.9. The molecule has 2 aliphatic rings. The second-order valence-electron chi connectivity index (χ2n) is 6.05. The van der Waals surface area contributed by atoms with Crippen LogP contribution in [-0.2, 0) is 9.59 Å². The molecule has 1 aromatic heterocycles. The minimum atomic E-state index is -0.663. The van der Waals surface area contributed by atoms with E-state index in [-0.39, 0.29) is 17.9 Å². The molecule has 21 heavy (non-hydrogen) atoms. The van der Waals surface area contributed by atoms with Gasteiger partial charge in [-0.25, -0.2) is 0 Å². The molecule has 1 aromatic rings. The van der Waals surface area contributed by atoms with E-state index in [1.54, 1.807) is 12.4 Å². The molecule has 1 aliphatic carbocycles. The van der Waals surface area contributed by atoms with Crippen LogP contribution in [-0.4, -0.2) is 33.8 Å². The topological polar surface area (TPSA) is 62.3 Å². The molecule has 1 atom stereocenters. The molecular weight excluding hydrogens is 266 g/mol. The highest BCUT2D eigenvalue weighted by atomic mass is 16.2. The predicted molar refractivity (Wildman–Crippen MR) is 78.3 cm³/mol. The fraction of sp³-hybridized carbons (Fsp3) is 0.562. The van der Waals surface area contributed by atoms with Gasteiger partial charge in [-0.1, -0.05) is 18.9 Å². The average Bonchev–Trinajstić information content (AvgIpc) is 2.92. The minimum absolute atomic E-state index is 0.00821. The number of carbonyl (C=O) groups excluding carboxylic acids is 2. The van der Waals surface area contributed by atoms with Gasteiger partial charge in [0, 0.05) is 25.4 Å². The Hall–Kier alpha value is -1.91. The first-order chi connectivity index (χ1) is 10.1. The molecule has 5 heteroatoms. The smallest absolute Gasteiger partial charge is 0.248 e. The van der Waals surface area contributed by atoms with Crippen LogP contribution in [0.5, 0.6) is 0 Å². The number of amides is 2. The van der Waals surface area contributed by atoms with Crippen molar-refractivity contribution in [1.82, 2.24) is 15.2 Å². The molecule has 3 rings (SSSR count). The third-order valence-corrected chi connectivity index (χ3v) is 4.72. The van der Waals surface area contributed by atoms with Gasteiger partial charge in [0.1, 0.15) is 5.54 Å². The number of hydrogen-bond donors (Lipinski definition) is 1. The summed E-state index contributed by atoms with van der Waals surface area (Å²) >= 11 is 0. The summed E-state index contributed by atoms with van der Waals surface area (Å²) in [5, 5.41) is 2.99. The molecule has 0 aromatic carbocycles. The van der Waals surface area contributed by atoms with Gasteiger partial charge in [0.25, 0.3) is 0 Å². The van der Waals surface area contributed by atoms with Crippen molar-refractivity contribution >= 4 is 11.8 Å². The lowest BCUT2D eigenvalue weighted by Gasteiger charge is -2.35. The van der Waals surface area contributed by atoms with Crippen molar-refractivity contribution in [3.05, 3.63) is 30.1 Å². The number of carbonyl (C=O) groups is 2. The summed E-state index contributed by atoms with van der Waals surface area (Å²) in [7, 11) is 0. The van der Waals surface area contributed by atoms with Gasteiger partial charge in [-0.3, -0.25) is 14.6 Å². The Labute approximate surface area is 124 Å². The second-order valence-corrected chi connectivity index (χ2v) is 6.05. The van der Waals surface area contributed by atoms with Crippen LogP contribution in [0.25, 0.3) is 0 Å². The number of rotatable bonds is 2. The molecule has 1 aliphatic heterocycles. The molecular formula is C16H21N3O2. The lowest BCUT2D eigenvalue weighted by molar-refractivity contribution is -0.140. The van der Waals surface area contributed by atoms with Gasteiger partial charge < -0.3 is 10.2 Å². The lowest BCUT2D eigenvalue weighted by atomic mass is 9.94. The maximum atomic E-state index is 13.0. The lowest BCUT2D eigenvalue weighted by Crippen LogP contribution is -2.55. The van der Waals surface area contributed by atoms with Crippen molar-refractivity contribution in [1.29, 1.82) is 0 Å². The van der Waals surface area contributed by atoms with E-state index in [0.717, 1.165) is 31.2 Å². The summed E-state index contributed by atoms with van der Waals surface area (Å²) in [5.74, 6) is 0.0633. The van der Waals surface area contributed by atoms with Crippen molar-refractivity contribution in [2.45, 2.75) is 50.6 Å². The van der Waals surface area contributed by atoms with E-state index in [1.165, 1.54) is 0 Å². The van der Waals surface area contributed by atoms with Gasteiger partial charge in [0.15, 0.2) is 0 Å². The Morgan fingerprint density at radius 3 is 2.76 bits per heavy atom. The van der Waals surface area contributed by atoms with E-state index < -0.39 is 5.54 Å². The molecule has 0 bridgehead atoms. The van der Waals surface area contributed by atoms with E-state index >= 15 is 0 Å². The quantitative estimate of drug-likeness (QED) is 0.902.